The molecular formula is C20H15NO4. The number of furan rings is 1. The van der Waals surface area contributed by atoms with Crippen molar-refractivity contribution < 1.29 is 18.7 Å². The van der Waals surface area contributed by atoms with Crippen molar-refractivity contribution >= 4 is 22.8 Å². The van der Waals surface area contributed by atoms with Crippen molar-refractivity contribution in [3.63, 3.8) is 0 Å². The normalized spacial score (nSPS) is 11.2. The van der Waals surface area contributed by atoms with Gasteiger partial charge in [-0.25, -0.2) is 0 Å². The van der Waals surface area contributed by atoms with Crippen LogP contribution in [0, 0.1) is 11.3 Å². The highest BCUT2D eigenvalue weighted by Gasteiger charge is 2.15. The monoisotopic (exact) mass is 333 g/mol. The zero-order chi connectivity index (χ0) is 17.8. The lowest BCUT2D eigenvalue weighted by molar-refractivity contribution is 0.103. The fraction of sp³-hybridized carbons (Fsp3) is 0.100. The molecule has 0 aliphatic heterocycles. The lowest BCUT2D eigenvalue weighted by Crippen LogP contribution is -2.02. The van der Waals surface area contributed by atoms with Crippen LogP contribution in [0.3, 0.4) is 0 Å². The van der Waals surface area contributed by atoms with E-state index in [0.29, 0.717) is 28.4 Å². The van der Waals surface area contributed by atoms with E-state index in [1.54, 1.807) is 43.5 Å². The summed E-state index contributed by atoms with van der Waals surface area (Å²) in [5.74, 6) is 1.16. The second-order valence-corrected chi connectivity index (χ2v) is 5.26. The molecule has 0 saturated carbocycles. The molecule has 0 bridgehead atoms. The summed E-state index contributed by atoms with van der Waals surface area (Å²) in [4.78, 5) is 12.6. The first kappa shape index (κ1) is 16.3. The van der Waals surface area contributed by atoms with E-state index in [2.05, 4.69) is 0 Å². The number of allylic oxidation sites excluding steroid dienone is 1. The van der Waals surface area contributed by atoms with E-state index < -0.39 is 5.78 Å². The van der Waals surface area contributed by atoms with Gasteiger partial charge in [0.15, 0.2) is 11.3 Å². The van der Waals surface area contributed by atoms with E-state index in [1.807, 2.05) is 18.2 Å². The summed E-state index contributed by atoms with van der Waals surface area (Å²) in [7, 11) is 3.08. The van der Waals surface area contributed by atoms with Gasteiger partial charge in [0.25, 0.3) is 0 Å². The van der Waals surface area contributed by atoms with Gasteiger partial charge >= 0.3 is 0 Å². The lowest BCUT2D eigenvalue weighted by Gasteiger charge is -2.02. The van der Waals surface area contributed by atoms with Crippen molar-refractivity contribution in [1.29, 1.82) is 5.26 Å². The van der Waals surface area contributed by atoms with Crippen LogP contribution in [0.5, 0.6) is 11.5 Å². The van der Waals surface area contributed by atoms with Crippen LogP contribution in [0.1, 0.15) is 16.1 Å². The van der Waals surface area contributed by atoms with Gasteiger partial charge in [0, 0.05) is 17.0 Å². The predicted molar refractivity (Wildman–Crippen MR) is 93.7 cm³/mol. The molecule has 0 fully saturated rings. The molecule has 124 valence electrons. The number of methoxy groups -OCH3 is 2. The number of ether oxygens (including phenoxy) is 2. The molecular weight excluding hydrogens is 318 g/mol. The second-order valence-electron chi connectivity index (χ2n) is 5.26. The highest BCUT2D eigenvalue weighted by atomic mass is 16.5. The van der Waals surface area contributed by atoms with Crippen LogP contribution >= 0.6 is 0 Å². The third-order valence-electron chi connectivity index (χ3n) is 3.73. The number of fused-ring (bicyclic) bond motifs is 1. The lowest BCUT2D eigenvalue weighted by atomic mass is 10.0. The van der Waals surface area contributed by atoms with Gasteiger partial charge in [-0.3, -0.25) is 4.79 Å². The molecule has 0 unspecified atom stereocenters. The Morgan fingerprint density at radius 1 is 1.12 bits per heavy atom. The Kier molecular flexibility index (Phi) is 4.53. The second kappa shape index (κ2) is 6.93. The fourth-order valence-corrected chi connectivity index (χ4v) is 2.50. The number of nitriles is 1. The van der Waals surface area contributed by atoms with Crippen LogP contribution in [-0.4, -0.2) is 20.0 Å². The maximum Gasteiger partial charge on any atom is 0.203 e. The van der Waals surface area contributed by atoms with Crippen molar-refractivity contribution in [3.8, 4) is 17.6 Å². The van der Waals surface area contributed by atoms with Gasteiger partial charge in [0.05, 0.1) is 14.2 Å². The van der Waals surface area contributed by atoms with Crippen LogP contribution in [0.25, 0.3) is 17.0 Å². The first-order chi connectivity index (χ1) is 12.2. The van der Waals surface area contributed by atoms with E-state index >= 15 is 0 Å². The Bertz CT molecular complexity index is 1010. The smallest absolute Gasteiger partial charge is 0.203 e. The summed E-state index contributed by atoms with van der Waals surface area (Å²) in [6, 6.07) is 15.9. The first-order valence-electron chi connectivity index (χ1n) is 7.53. The number of para-hydroxylation sites is 1. The third-order valence-corrected chi connectivity index (χ3v) is 3.73. The van der Waals surface area contributed by atoms with Crippen molar-refractivity contribution in [3.05, 3.63) is 65.4 Å². The van der Waals surface area contributed by atoms with Crippen LogP contribution < -0.4 is 9.47 Å². The Labute approximate surface area is 144 Å². The number of carbonyl (C=O) groups excluding carboxylic acids is 1. The number of benzene rings is 2. The highest BCUT2D eigenvalue weighted by Crippen LogP contribution is 2.29. The fourth-order valence-electron chi connectivity index (χ4n) is 2.50. The van der Waals surface area contributed by atoms with E-state index in [9.17, 15) is 10.1 Å². The van der Waals surface area contributed by atoms with Gasteiger partial charge in [0.1, 0.15) is 23.2 Å². The van der Waals surface area contributed by atoms with Crippen molar-refractivity contribution in [2.24, 2.45) is 0 Å². The van der Waals surface area contributed by atoms with Crippen LogP contribution in [0.4, 0.5) is 0 Å². The number of nitrogens with zero attached hydrogens (tertiary/aromatic N) is 1. The first-order valence-corrected chi connectivity index (χ1v) is 7.53. The minimum atomic E-state index is -0.395. The molecule has 3 rings (SSSR count). The summed E-state index contributed by atoms with van der Waals surface area (Å²) in [6.45, 7) is 0. The minimum absolute atomic E-state index is 0.0220. The Balaban J connectivity index is 2.00. The van der Waals surface area contributed by atoms with Crippen molar-refractivity contribution in [2.75, 3.05) is 14.2 Å². The van der Waals surface area contributed by atoms with Crippen molar-refractivity contribution in [1.82, 2.24) is 0 Å². The van der Waals surface area contributed by atoms with Gasteiger partial charge < -0.3 is 13.9 Å². The molecule has 0 radical (unpaired) electrons. The quantitative estimate of drug-likeness (QED) is 0.397. The standard InChI is InChI=1S/C20H15NO4/c1-23-16-7-3-5-13(9-16)19(22)15(12-21)11-17-10-14-6-4-8-18(24-2)20(14)25-17/h3-11H,1-2H3/b15-11+. The zero-order valence-electron chi connectivity index (χ0n) is 13.8. The molecule has 3 aromatic rings. The molecule has 5 heteroatoms. The van der Waals surface area contributed by atoms with E-state index in [-0.39, 0.29) is 5.57 Å². The Hall–Kier alpha value is -3.52. The molecule has 0 saturated heterocycles. The van der Waals surface area contributed by atoms with Crippen LogP contribution in [-0.2, 0) is 0 Å². The van der Waals surface area contributed by atoms with Gasteiger partial charge in [-0.2, -0.15) is 5.26 Å². The zero-order valence-corrected chi connectivity index (χ0v) is 13.8. The number of hydrogen-bond donors (Lipinski definition) is 0. The molecule has 0 atom stereocenters. The Morgan fingerprint density at radius 3 is 2.64 bits per heavy atom. The third kappa shape index (κ3) is 3.24. The van der Waals surface area contributed by atoms with Gasteiger partial charge in [-0.1, -0.05) is 24.3 Å². The van der Waals surface area contributed by atoms with Crippen LogP contribution in [0.2, 0.25) is 0 Å². The number of rotatable bonds is 5. The summed E-state index contributed by atoms with van der Waals surface area (Å²) < 4.78 is 16.1. The van der Waals surface area contributed by atoms with Crippen LogP contribution in [0.15, 0.2) is 58.5 Å². The maximum absolute atomic E-state index is 12.6. The van der Waals surface area contributed by atoms with Gasteiger partial charge in [-0.05, 0) is 24.3 Å². The molecule has 2 aromatic carbocycles. The summed E-state index contributed by atoms with van der Waals surface area (Å²) in [5.41, 5.74) is 0.925. The average molecular weight is 333 g/mol. The molecule has 1 aromatic heterocycles. The van der Waals surface area contributed by atoms with E-state index in [0.717, 1.165) is 5.39 Å². The molecule has 0 aliphatic rings. The topological polar surface area (TPSA) is 72.5 Å². The molecule has 25 heavy (non-hydrogen) atoms. The number of Topliss-reactive ketones (excluding diaryl/α,β-unsaturated/α-hetero) is 1. The Morgan fingerprint density at radius 2 is 1.92 bits per heavy atom. The summed E-state index contributed by atoms with van der Waals surface area (Å²) in [5, 5.41) is 10.2. The number of ketones is 1. The minimum Gasteiger partial charge on any atom is -0.497 e. The number of hydrogen-bond acceptors (Lipinski definition) is 5. The molecule has 0 N–H and O–H groups in total. The van der Waals surface area contributed by atoms with Crippen molar-refractivity contribution in [2.45, 2.75) is 0 Å². The molecule has 1 heterocycles. The largest absolute Gasteiger partial charge is 0.497 e. The van der Waals surface area contributed by atoms with E-state index in [4.69, 9.17) is 13.9 Å². The summed E-state index contributed by atoms with van der Waals surface area (Å²) in [6.07, 6.45) is 1.43. The average Bonchev–Trinajstić information content (AvgIpc) is 3.08. The summed E-state index contributed by atoms with van der Waals surface area (Å²) >= 11 is 0. The van der Waals surface area contributed by atoms with Gasteiger partial charge in [-0.15, -0.1) is 0 Å². The predicted octanol–water partition coefficient (Wildman–Crippen LogP) is 4.24. The maximum atomic E-state index is 12.6. The SMILES string of the molecule is COc1cccc(C(=O)/C(C#N)=C/c2cc3cccc(OC)c3o2)c1. The highest BCUT2D eigenvalue weighted by molar-refractivity contribution is 6.14. The molecule has 0 aliphatic carbocycles. The molecule has 0 amide bonds. The van der Waals surface area contributed by atoms with Gasteiger partial charge in [0.2, 0.25) is 5.78 Å². The molecule has 0 spiro atoms. The van der Waals surface area contributed by atoms with E-state index in [1.165, 1.54) is 13.2 Å². The number of carbonyl (C=O) groups is 1. The molecule has 5 nitrogen and oxygen atoms in total.